The fourth-order valence-corrected chi connectivity index (χ4v) is 2.95. The Morgan fingerprint density at radius 2 is 2.18 bits per heavy atom. The number of ketones is 1. The number of aromatic nitrogens is 2. The molecule has 0 saturated heterocycles. The Morgan fingerprint density at radius 1 is 1.41 bits per heavy atom. The summed E-state index contributed by atoms with van der Waals surface area (Å²) in [5.41, 5.74) is 0.565. The molecule has 1 aliphatic carbocycles. The fraction of sp³-hybridized carbons (Fsp3) is 0.500. The number of carbonyl (C=O) groups excluding carboxylic acids is 2. The van der Waals surface area contributed by atoms with Gasteiger partial charge in [0.2, 0.25) is 5.91 Å². The number of hydrogen-bond acceptors (Lipinski definition) is 4. The lowest BCUT2D eigenvalue weighted by Crippen LogP contribution is -2.43. The molecule has 0 saturated carbocycles. The van der Waals surface area contributed by atoms with Crippen LogP contribution >= 0.6 is 0 Å². The summed E-state index contributed by atoms with van der Waals surface area (Å²) in [6.45, 7) is 3.27. The van der Waals surface area contributed by atoms with Crippen molar-refractivity contribution < 1.29 is 9.59 Å². The van der Waals surface area contributed by atoms with Crippen molar-refractivity contribution in [2.75, 3.05) is 5.32 Å². The quantitative estimate of drug-likeness (QED) is 0.729. The van der Waals surface area contributed by atoms with E-state index in [-0.39, 0.29) is 11.7 Å². The summed E-state index contributed by atoms with van der Waals surface area (Å²) in [6, 6.07) is 0. The Balaban J connectivity index is 2.35. The molecule has 1 aromatic rings. The van der Waals surface area contributed by atoms with Crippen LogP contribution in [0.4, 0.5) is 5.82 Å². The average Bonchev–Trinajstić information content (AvgIpc) is 2.54. The van der Waals surface area contributed by atoms with Gasteiger partial charge in [0.05, 0.1) is 5.69 Å². The zero-order chi connectivity index (χ0) is 12.2. The minimum Gasteiger partial charge on any atom is -0.309 e. The van der Waals surface area contributed by atoms with Gasteiger partial charge in [-0.2, -0.15) is 0 Å². The van der Waals surface area contributed by atoms with E-state index in [4.69, 9.17) is 0 Å². The molecule has 2 aliphatic rings. The van der Waals surface area contributed by atoms with E-state index in [0.717, 1.165) is 24.1 Å². The molecule has 5 heteroatoms. The zero-order valence-electron chi connectivity index (χ0n) is 9.83. The molecule has 1 aromatic heterocycles. The van der Waals surface area contributed by atoms with E-state index in [2.05, 4.69) is 15.3 Å². The first kappa shape index (κ1) is 10.4. The van der Waals surface area contributed by atoms with E-state index in [9.17, 15) is 9.59 Å². The molecule has 0 aromatic carbocycles. The second-order valence-electron chi connectivity index (χ2n) is 4.71. The van der Waals surface area contributed by atoms with E-state index >= 15 is 0 Å². The number of carbonyl (C=O) groups is 2. The number of nitrogens with one attached hydrogen (secondary N) is 1. The molecule has 17 heavy (non-hydrogen) atoms. The second kappa shape index (κ2) is 3.12. The van der Waals surface area contributed by atoms with Gasteiger partial charge in [0, 0.05) is 5.56 Å². The predicted octanol–water partition coefficient (Wildman–Crippen LogP) is 0.900. The van der Waals surface area contributed by atoms with Crippen LogP contribution < -0.4 is 5.32 Å². The van der Waals surface area contributed by atoms with E-state index in [1.165, 1.54) is 6.92 Å². The minimum absolute atomic E-state index is 0.109. The molecule has 0 spiro atoms. The number of hydrogen-bond donors (Lipinski definition) is 1. The maximum atomic E-state index is 12.1. The Labute approximate surface area is 98.7 Å². The molecular weight excluding hydrogens is 218 g/mol. The maximum Gasteiger partial charge on any atom is 0.243 e. The van der Waals surface area contributed by atoms with Crippen LogP contribution in [-0.2, 0) is 21.4 Å². The molecule has 0 bridgehead atoms. The van der Waals surface area contributed by atoms with Crippen molar-refractivity contribution in [3.63, 3.8) is 0 Å². The summed E-state index contributed by atoms with van der Waals surface area (Å²) in [6.07, 6.45) is 2.20. The normalized spacial score (nSPS) is 25.4. The van der Waals surface area contributed by atoms with Crippen molar-refractivity contribution in [3.05, 3.63) is 17.1 Å². The zero-order valence-corrected chi connectivity index (χ0v) is 9.83. The minimum atomic E-state index is -1.02. The summed E-state index contributed by atoms with van der Waals surface area (Å²) in [5.74, 6) is 0.829. The number of Topliss-reactive ketones (excluding diaryl/α,β-unsaturated/α-hetero) is 1. The van der Waals surface area contributed by atoms with E-state index in [1.807, 2.05) is 0 Å². The van der Waals surface area contributed by atoms with Crippen LogP contribution in [0.5, 0.6) is 0 Å². The number of nitrogens with zero attached hydrogens (tertiary/aromatic N) is 2. The smallest absolute Gasteiger partial charge is 0.243 e. The fourth-order valence-electron chi connectivity index (χ4n) is 2.95. The first-order valence-electron chi connectivity index (χ1n) is 5.76. The lowest BCUT2D eigenvalue weighted by molar-refractivity contribution is -0.132. The summed E-state index contributed by atoms with van der Waals surface area (Å²) in [7, 11) is 0. The Bertz CT molecular complexity index is 553. The highest BCUT2D eigenvalue weighted by atomic mass is 16.2. The molecule has 1 unspecified atom stereocenters. The molecule has 88 valence electrons. The van der Waals surface area contributed by atoms with Crippen LogP contribution in [0.1, 0.15) is 36.8 Å². The van der Waals surface area contributed by atoms with Crippen LogP contribution in [0.3, 0.4) is 0 Å². The number of anilines is 1. The summed E-state index contributed by atoms with van der Waals surface area (Å²) in [4.78, 5) is 32.7. The van der Waals surface area contributed by atoms with Crippen molar-refractivity contribution in [1.82, 2.24) is 9.97 Å². The highest BCUT2D eigenvalue weighted by Crippen LogP contribution is 2.45. The standard InChI is InChI=1S/C12H13N3O2/c1-6(16)12-5-3-4-8-9(12)10(15-11(12)17)14-7(2)13-8/h3-5H2,1-2H3,(H,13,14,15,17). The van der Waals surface area contributed by atoms with Crippen LogP contribution in [-0.4, -0.2) is 21.7 Å². The number of aryl methyl sites for hydroxylation is 2. The third-order valence-corrected chi connectivity index (χ3v) is 3.71. The van der Waals surface area contributed by atoms with Gasteiger partial charge in [0.25, 0.3) is 0 Å². The van der Waals surface area contributed by atoms with Crippen molar-refractivity contribution in [2.24, 2.45) is 0 Å². The molecule has 1 N–H and O–H groups in total. The Morgan fingerprint density at radius 3 is 2.88 bits per heavy atom. The Hall–Kier alpha value is -1.78. The summed E-state index contributed by atoms with van der Waals surface area (Å²) < 4.78 is 0. The van der Waals surface area contributed by atoms with Gasteiger partial charge in [-0.25, -0.2) is 9.97 Å². The van der Waals surface area contributed by atoms with Crippen LogP contribution in [0.2, 0.25) is 0 Å². The molecule has 0 radical (unpaired) electrons. The second-order valence-corrected chi connectivity index (χ2v) is 4.71. The van der Waals surface area contributed by atoms with E-state index in [0.29, 0.717) is 18.1 Å². The maximum absolute atomic E-state index is 12.1. The van der Waals surface area contributed by atoms with Crippen LogP contribution in [0.15, 0.2) is 0 Å². The van der Waals surface area contributed by atoms with Crippen LogP contribution in [0.25, 0.3) is 0 Å². The van der Waals surface area contributed by atoms with Crippen molar-refractivity contribution in [1.29, 1.82) is 0 Å². The first-order chi connectivity index (χ1) is 8.05. The van der Waals surface area contributed by atoms with Gasteiger partial charge in [0.1, 0.15) is 22.8 Å². The molecule has 1 amide bonds. The topological polar surface area (TPSA) is 72.0 Å². The summed E-state index contributed by atoms with van der Waals surface area (Å²) in [5, 5.41) is 2.73. The highest BCUT2D eigenvalue weighted by Gasteiger charge is 2.54. The molecular formula is C12H13N3O2. The monoisotopic (exact) mass is 231 g/mol. The lowest BCUT2D eigenvalue weighted by Gasteiger charge is -2.29. The van der Waals surface area contributed by atoms with Gasteiger partial charge in [-0.05, 0) is 33.1 Å². The van der Waals surface area contributed by atoms with Gasteiger partial charge < -0.3 is 5.32 Å². The molecule has 1 aliphatic heterocycles. The molecule has 5 nitrogen and oxygen atoms in total. The first-order valence-corrected chi connectivity index (χ1v) is 5.76. The van der Waals surface area contributed by atoms with Gasteiger partial charge in [0.15, 0.2) is 0 Å². The third kappa shape index (κ3) is 1.14. The molecule has 3 rings (SSSR count). The Kier molecular flexibility index (Phi) is 1.91. The van der Waals surface area contributed by atoms with Gasteiger partial charge in [-0.15, -0.1) is 0 Å². The predicted molar refractivity (Wildman–Crippen MR) is 60.7 cm³/mol. The van der Waals surface area contributed by atoms with Crippen molar-refractivity contribution in [3.8, 4) is 0 Å². The largest absolute Gasteiger partial charge is 0.309 e. The number of rotatable bonds is 1. The van der Waals surface area contributed by atoms with E-state index in [1.54, 1.807) is 6.92 Å². The lowest BCUT2D eigenvalue weighted by atomic mass is 9.70. The third-order valence-electron chi connectivity index (χ3n) is 3.71. The SMILES string of the molecule is CC(=O)C12CCCc3nc(C)nc(c31)NC2=O. The average molecular weight is 231 g/mol. The van der Waals surface area contributed by atoms with Crippen molar-refractivity contribution in [2.45, 2.75) is 38.5 Å². The van der Waals surface area contributed by atoms with Crippen molar-refractivity contribution >= 4 is 17.5 Å². The van der Waals surface area contributed by atoms with Gasteiger partial charge >= 0.3 is 0 Å². The highest BCUT2D eigenvalue weighted by molar-refractivity contribution is 6.20. The van der Waals surface area contributed by atoms with Gasteiger partial charge in [-0.1, -0.05) is 0 Å². The van der Waals surface area contributed by atoms with Gasteiger partial charge in [-0.3, -0.25) is 9.59 Å². The molecule has 2 heterocycles. The number of amides is 1. The molecule has 1 atom stereocenters. The molecule has 0 fully saturated rings. The van der Waals surface area contributed by atoms with Crippen LogP contribution in [0, 0.1) is 6.92 Å². The summed E-state index contributed by atoms with van der Waals surface area (Å²) >= 11 is 0. The van der Waals surface area contributed by atoms with E-state index < -0.39 is 5.41 Å².